The van der Waals surface area contributed by atoms with Crippen molar-refractivity contribution in [2.24, 2.45) is 0 Å². The zero-order chi connectivity index (χ0) is 8.08. The van der Waals surface area contributed by atoms with Crippen LogP contribution in [0.25, 0.3) is 0 Å². The molecule has 0 aromatic carbocycles. The van der Waals surface area contributed by atoms with Gasteiger partial charge in [-0.3, -0.25) is 18.2 Å². The standard InChI is InChI=1S/2K.H2O4S.H2O3S.2H/c;;1-5(2,3)4;1-4(2)3;;/h;;(H2,1,2,3,4);(H2,1,2,3);;. The van der Waals surface area contributed by atoms with Crippen LogP contribution in [0.4, 0.5) is 0 Å². The Morgan fingerprint density at radius 1 is 1.00 bits per heavy atom. The van der Waals surface area contributed by atoms with E-state index >= 15 is 0 Å². The molecule has 0 unspecified atom stereocenters. The minimum absolute atomic E-state index is 0. The van der Waals surface area contributed by atoms with Gasteiger partial charge in [0.1, 0.15) is 0 Å². The van der Waals surface area contributed by atoms with Crippen molar-refractivity contribution in [3.8, 4) is 0 Å². The summed E-state index contributed by atoms with van der Waals surface area (Å²) in [5.41, 5.74) is 0. The molecule has 0 saturated carbocycles. The third-order valence-corrected chi connectivity index (χ3v) is 0. The van der Waals surface area contributed by atoms with Crippen molar-refractivity contribution in [2.75, 3.05) is 0 Å². The summed E-state index contributed by atoms with van der Waals surface area (Å²) in [5, 5.41) is 0. The fourth-order valence-electron chi connectivity index (χ4n) is 0. The molecular weight excluding hydrogens is 254 g/mol. The van der Waals surface area contributed by atoms with Crippen LogP contribution < -0.4 is 0 Å². The molecule has 4 N–H and O–H groups in total. The van der Waals surface area contributed by atoms with Crippen molar-refractivity contribution in [3.63, 3.8) is 0 Å². The van der Waals surface area contributed by atoms with Crippen molar-refractivity contribution in [1.82, 2.24) is 0 Å². The molecular formula is H6K2O7S2. The molecule has 0 aliphatic heterocycles. The van der Waals surface area contributed by atoms with Crippen molar-refractivity contribution >= 4 is 125 Å². The van der Waals surface area contributed by atoms with Crippen LogP contribution in [-0.4, -0.2) is 134 Å². The van der Waals surface area contributed by atoms with Crippen LogP contribution in [0.5, 0.6) is 0 Å². The second-order valence-corrected chi connectivity index (χ2v) is 2.04. The Morgan fingerprint density at radius 3 is 1.00 bits per heavy atom. The molecule has 0 radical (unpaired) electrons. The fourth-order valence-corrected chi connectivity index (χ4v) is 0. The monoisotopic (exact) mass is 260 g/mol. The van der Waals surface area contributed by atoms with Crippen LogP contribution >= 0.6 is 0 Å². The van der Waals surface area contributed by atoms with Gasteiger partial charge in [-0.2, -0.15) is 12.6 Å². The van der Waals surface area contributed by atoms with E-state index in [1.165, 1.54) is 0 Å². The van der Waals surface area contributed by atoms with Crippen LogP contribution in [0.2, 0.25) is 0 Å². The minimum atomic E-state index is -4.67. The van der Waals surface area contributed by atoms with E-state index < -0.39 is 21.8 Å². The van der Waals surface area contributed by atoms with Crippen molar-refractivity contribution in [3.05, 3.63) is 0 Å². The Kier molecular flexibility index (Phi) is 28.6. The first kappa shape index (κ1) is 23.8. The van der Waals surface area contributed by atoms with E-state index in [2.05, 4.69) is 0 Å². The molecule has 0 saturated heterocycles. The third-order valence-electron chi connectivity index (χ3n) is 0. The summed E-state index contributed by atoms with van der Waals surface area (Å²) in [6, 6.07) is 0. The average molecular weight is 260 g/mol. The van der Waals surface area contributed by atoms with Gasteiger partial charge in [-0.15, -0.1) is 0 Å². The second kappa shape index (κ2) is 13.2. The maximum atomic E-state index is 8.74. The Morgan fingerprint density at radius 2 is 1.00 bits per heavy atom. The first-order chi connectivity index (χ1) is 3.73. The van der Waals surface area contributed by atoms with Crippen molar-refractivity contribution in [1.29, 1.82) is 0 Å². The number of hydrogen-bond acceptors (Lipinski definition) is 3. The van der Waals surface area contributed by atoms with Crippen LogP contribution in [0.3, 0.4) is 0 Å². The van der Waals surface area contributed by atoms with Gasteiger partial charge in [-0.05, 0) is 0 Å². The summed E-state index contributed by atoms with van der Waals surface area (Å²) >= 11 is -2.61. The molecule has 0 aromatic rings. The maximum absolute atomic E-state index is 8.74. The van der Waals surface area contributed by atoms with Crippen LogP contribution in [0.15, 0.2) is 0 Å². The van der Waals surface area contributed by atoms with Gasteiger partial charge in [-0.25, -0.2) is 0 Å². The number of hydrogen-bond donors (Lipinski definition) is 4. The van der Waals surface area contributed by atoms with E-state index in [4.69, 9.17) is 30.8 Å². The van der Waals surface area contributed by atoms with Gasteiger partial charge >= 0.3 is 113 Å². The van der Waals surface area contributed by atoms with Gasteiger partial charge < -0.3 is 0 Å². The topological polar surface area (TPSA) is 132 Å². The molecule has 0 heterocycles. The van der Waals surface area contributed by atoms with Gasteiger partial charge in [-0.1, -0.05) is 0 Å². The normalized spacial score (nSPS) is 8.45. The molecule has 0 rings (SSSR count). The zero-order valence-corrected chi connectivity index (χ0v) is 5.46. The second-order valence-electron chi connectivity index (χ2n) is 0.679. The summed E-state index contributed by atoms with van der Waals surface area (Å²) < 4.78 is 54.4. The van der Waals surface area contributed by atoms with Crippen molar-refractivity contribution in [2.45, 2.75) is 0 Å². The van der Waals surface area contributed by atoms with Crippen molar-refractivity contribution < 1.29 is 30.8 Å². The molecule has 0 spiro atoms. The van der Waals surface area contributed by atoms with E-state index in [0.29, 0.717) is 0 Å². The molecule has 0 fully saturated rings. The van der Waals surface area contributed by atoms with Crippen LogP contribution in [-0.2, 0) is 21.8 Å². The Balaban J connectivity index is -0.0000000383. The first-order valence-electron chi connectivity index (χ1n) is 1.23. The fraction of sp³-hybridized carbons (Fsp3) is 0. The molecule has 0 aliphatic rings. The van der Waals surface area contributed by atoms with Gasteiger partial charge in [0.2, 0.25) is 0 Å². The SMILES string of the molecule is O=S(=O)(O)O.O=S(O)O.[KH].[KH]. The molecule has 0 bridgehead atoms. The molecule has 7 nitrogen and oxygen atoms in total. The molecule has 11 heavy (non-hydrogen) atoms. The predicted molar refractivity (Wildman–Crippen MR) is 41.9 cm³/mol. The summed E-state index contributed by atoms with van der Waals surface area (Å²) in [6.45, 7) is 0. The van der Waals surface area contributed by atoms with E-state index in [1.54, 1.807) is 0 Å². The van der Waals surface area contributed by atoms with E-state index in [0.717, 1.165) is 0 Å². The molecule has 0 atom stereocenters. The first-order valence-corrected chi connectivity index (χ1v) is 3.69. The zero-order valence-electron chi connectivity index (χ0n) is 3.83. The summed E-state index contributed by atoms with van der Waals surface area (Å²) in [4.78, 5) is 0. The summed E-state index contributed by atoms with van der Waals surface area (Å²) in [7, 11) is -4.67. The predicted octanol–water partition coefficient (Wildman–Crippen LogP) is -2.27. The van der Waals surface area contributed by atoms with Gasteiger partial charge in [0.15, 0.2) is 0 Å². The number of rotatable bonds is 0. The molecule has 0 amide bonds. The molecule has 0 aliphatic carbocycles. The Hall–Kier alpha value is 3.21. The molecule has 62 valence electrons. The van der Waals surface area contributed by atoms with Gasteiger partial charge in [0.25, 0.3) is 11.4 Å². The Bertz CT molecular complexity index is 157. The van der Waals surface area contributed by atoms with Gasteiger partial charge in [0, 0.05) is 0 Å². The third kappa shape index (κ3) is 161. The van der Waals surface area contributed by atoms with Crippen LogP contribution in [0.1, 0.15) is 0 Å². The summed E-state index contributed by atoms with van der Waals surface area (Å²) in [5.74, 6) is 0. The van der Waals surface area contributed by atoms with Gasteiger partial charge in [0.05, 0.1) is 0 Å². The molecule has 0 aromatic heterocycles. The van der Waals surface area contributed by atoms with E-state index in [9.17, 15) is 0 Å². The molecule has 11 heteroatoms. The average Bonchev–Trinajstić information content (AvgIpc) is 1.19. The van der Waals surface area contributed by atoms with Crippen LogP contribution in [0, 0.1) is 0 Å². The van der Waals surface area contributed by atoms with E-state index in [1.807, 2.05) is 0 Å². The Labute approximate surface area is 151 Å². The quantitative estimate of drug-likeness (QED) is 0.219. The summed E-state index contributed by atoms with van der Waals surface area (Å²) in [6.07, 6.45) is 0. The van der Waals surface area contributed by atoms with E-state index in [-0.39, 0.29) is 103 Å².